The quantitative estimate of drug-likeness (QED) is 0.725. The average Bonchev–Trinajstić information content (AvgIpc) is 2.71. The minimum Gasteiger partial charge on any atom is -0.484 e. The zero-order chi connectivity index (χ0) is 21.7. The first-order chi connectivity index (χ1) is 14.2. The van der Waals surface area contributed by atoms with Crippen molar-refractivity contribution in [3.8, 4) is 5.75 Å². The Kier molecular flexibility index (Phi) is 7.12. The van der Waals surface area contributed by atoms with Crippen LogP contribution in [0.3, 0.4) is 0 Å². The normalized spacial score (nSPS) is 15.7. The number of hydrogen-bond donors (Lipinski definition) is 1. The van der Waals surface area contributed by atoms with Crippen molar-refractivity contribution in [3.63, 3.8) is 0 Å². The maximum absolute atomic E-state index is 12.8. The molecule has 0 aliphatic carbocycles. The van der Waals surface area contributed by atoms with Crippen LogP contribution in [0.2, 0.25) is 0 Å². The fraction of sp³-hybridized carbons (Fsp3) is 0.409. The van der Waals surface area contributed by atoms with Gasteiger partial charge >= 0.3 is 0 Å². The first kappa shape index (κ1) is 22.3. The Morgan fingerprint density at radius 1 is 1.00 bits per heavy atom. The number of carbonyl (C=O) groups excluding carboxylic acids is 1. The molecule has 1 saturated heterocycles. The molecule has 1 aliphatic heterocycles. The van der Waals surface area contributed by atoms with Crippen molar-refractivity contribution >= 4 is 15.9 Å². The molecule has 1 amide bonds. The molecule has 1 heterocycles. The number of carbonyl (C=O) groups is 1. The van der Waals surface area contributed by atoms with Crippen molar-refractivity contribution in [2.45, 2.75) is 25.3 Å². The van der Waals surface area contributed by atoms with Crippen molar-refractivity contribution in [2.75, 3.05) is 39.8 Å². The van der Waals surface area contributed by atoms with Crippen LogP contribution in [0, 0.1) is 13.8 Å². The Hall–Kier alpha value is -2.42. The summed E-state index contributed by atoms with van der Waals surface area (Å²) in [5.74, 6) is 0.435. The molecular weight excluding hydrogens is 402 g/mol. The first-order valence-electron chi connectivity index (χ1n) is 9.99. The van der Waals surface area contributed by atoms with Gasteiger partial charge in [0.2, 0.25) is 10.0 Å². The van der Waals surface area contributed by atoms with E-state index in [2.05, 4.69) is 10.2 Å². The number of piperazine rings is 1. The molecule has 30 heavy (non-hydrogen) atoms. The van der Waals surface area contributed by atoms with Gasteiger partial charge in [0.25, 0.3) is 5.91 Å². The minimum absolute atomic E-state index is 0.0707. The lowest BCUT2D eigenvalue weighted by Crippen LogP contribution is -2.47. The number of nitrogens with zero attached hydrogens (tertiary/aromatic N) is 2. The zero-order valence-electron chi connectivity index (χ0n) is 17.7. The molecule has 0 unspecified atom stereocenters. The number of likely N-dealkylation sites (N-methyl/N-ethyl adjacent to an activating group) is 1. The summed E-state index contributed by atoms with van der Waals surface area (Å²) in [6.07, 6.45) is 0. The van der Waals surface area contributed by atoms with Gasteiger partial charge < -0.3 is 15.0 Å². The van der Waals surface area contributed by atoms with Crippen molar-refractivity contribution in [3.05, 3.63) is 59.2 Å². The Morgan fingerprint density at radius 3 is 2.20 bits per heavy atom. The number of benzene rings is 2. The van der Waals surface area contributed by atoms with E-state index in [0.717, 1.165) is 29.8 Å². The van der Waals surface area contributed by atoms with Crippen LogP contribution in [0.5, 0.6) is 5.75 Å². The lowest BCUT2D eigenvalue weighted by atomic mass is 10.1. The van der Waals surface area contributed by atoms with E-state index in [4.69, 9.17) is 4.74 Å². The molecule has 2 aromatic rings. The van der Waals surface area contributed by atoms with Crippen LogP contribution < -0.4 is 10.1 Å². The highest BCUT2D eigenvalue weighted by atomic mass is 32.2. The minimum atomic E-state index is -3.48. The second-order valence-electron chi connectivity index (χ2n) is 7.74. The fourth-order valence-corrected chi connectivity index (χ4v) is 4.80. The highest BCUT2D eigenvalue weighted by Crippen LogP contribution is 2.18. The van der Waals surface area contributed by atoms with Crippen molar-refractivity contribution in [1.82, 2.24) is 14.5 Å². The van der Waals surface area contributed by atoms with Crippen LogP contribution in [0.25, 0.3) is 0 Å². The number of aryl methyl sites for hydroxylation is 2. The van der Waals surface area contributed by atoms with Gasteiger partial charge in [-0.2, -0.15) is 4.31 Å². The average molecular weight is 432 g/mol. The smallest absolute Gasteiger partial charge is 0.258 e. The Morgan fingerprint density at radius 2 is 1.60 bits per heavy atom. The third-order valence-electron chi connectivity index (χ3n) is 5.08. The first-order valence-corrected chi connectivity index (χ1v) is 11.4. The summed E-state index contributed by atoms with van der Waals surface area (Å²) in [4.78, 5) is 14.5. The van der Waals surface area contributed by atoms with E-state index >= 15 is 0 Å². The second kappa shape index (κ2) is 9.59. The van der Waals surface area contributed by atoms with Crippen LogP contribution in [0.1, 0.15) is 16.7 Å². The molecule has 0 bridgehead atoms. The molecule has 3 rings (SSSR count). The van der Waals surface area contributed by atoms with E-state index in [1.807, 2.05) is 39.1 Å². The lowest BCUT2D eigenvalue weighted by Gasteiger charge is -2.31. The number of ether oxygens (including phenoxy) is 1. The Bertz CT molecular complexity index is 962. The summed E-state index contributed by atoms with van der Waals surface area (Å²) >= 11 is 0. The van der Waals surface area contributed by atoms with Crippen LogP contribution in [-0.4, -0.2) is 63.4 Å². The summed E-state index contributed by atoms with van der Waals surface area (Å²) in [6.45, 7) is 6.65. The van der Waals surface area contributed by atoms with E-state index in [9.17, 15) is 13.2 Å². The van der Waals surface area contributed by atoms with Crippen LogP contribution in [0.4, 0.5) is 0 Å². The van der Waals surface area contributed by atoms with E-state index in [1.165, 1.54) is 4.31 Å². The van der Waals surface area contributed by atoms with Gasteiger partial charge in [0.15, 0.2) is 6.61 Å². The van der Waals surface area contributed by atoms with Crippen molar-refractivity contribution in [1.29, 1.82) is 0 Å². The molecular formula is C22H29N3O4S. The van der Waals surface area contributed by atoms with Gasteiger partial charge in [0.1, 0.15) is 5.75 Å². The number of rotatable bonds is 7. The third kappa shape index (κ3) is 5.81. The molecule has 0 spiro atoms. The summed E-state index contributed by atoms with van der Waals surface area (Å²) < 4.78 is 32.6. The number of amides is 1. The topological polar surface area (TPSA) is 78.9 Å². The maximum atomic E-state index is 12.8. The van der Waals surface area contributed by atoms with Crippen molar-refractivity contribution < 1.29 is 17.9 Å². The predicted molar refractivity (Wildman–Crippen MR) is 116 cm³/mol. The van der Waals surface area contributed by atoms with Gasteiger partial charge in [-0.25, -0.2) is 8.42 Å². The highest BCUT2D eigenvalue weighted by molar-refractivity contribution is 7.89. The molecule has 0 radical (unpaired) electrons. The third-order valence-corrected chi connectivity index (χ3v) is 6.99. The molecule has 2 aromatic carbocycles. The highest BCUT2D eigenvalue weighted by Gasteiger charge is 2.27. The summed E-state index contributed by atoms with van der Waals surface area (Å²) in [7, 11) is -1.49. The monoisotopic (exact) mass is 431 g/mol. The lowest BCUT2D eigenvalue weighted by molar-refractivity contribution is -0.123. The molecule has 1 N–H and O–H groups in total. The molecule has 162 valence electrons. The molecule has 0 aromatic heterocycles. The SMILES string of the molecule is Cc1cc(C)cc(OCC(=O)NCc2ccc(S(=O)(=O)N3CCN(C)CC3)cc2)c1. The summed E-state index contributed by atoms with van der Waals surface area (Å²) in [5.41, 5.74) is 2.99. The number of hydrogen-bond acceptors (Lipinski definition) is 5. The molecule has 1 aliphatic rings. The van der Waals surface area contributed by atoms with Gasteiger partial charge in [0, 0.05) is 32.7 Å². The maximum Gasteiger partial charge on any atom is 0.258 e. The Balaban J connectivity index is 1.51. The second-order valence-corrected chi connectivity index (χ2v) is 9.68. The predicted octanol–water partition coefficient (Wildman–Crippen LogP) is 1.93. The fourth-order valence-electron chi connectivity index (χ4n) is 3.37. The standard InChI is InChI=1S/C22H29N3O4S/c1-17-12-18(2)14-20(13-17)29-16-22(26)23-15-19-4-6-21(7-5-19)30(27,28)25-10-8-24(3)9-11-25/h4-7,12-14H,8-11,15-16H2,1-3H3,(H,23,26). The van der Waals surface area contributed by atoms with Gasteiger partial charge in [-0.05, 0) is 61.9 Å². The molecule has 7 nitrogen and oxygen atoms in total. The van der Waals surface area contributed by atoms with E-state index < -0.39 is 10.0 Å². The van der Waals surface area contributed by atoms with Crippen LogP contribution >= 0.6 is 0 Å². The van der Waals surface area contributed by atoms with Gasteiger partial charge in [-0.15, -0.1) is 0 Å². The van der Waals surface area contributed by atoms with E-state index in [-0.39, 0.29) is 17.4 Å². The van der Waals surface area contributed by atoms with Crippen LogP contribution in [-0.2, 0) is 21.4 Å². The summed E-state index contributed by atoms with van der Waals surface area (Å²) in [5, 5.41) is 2.80. The molecule has 1 fully saturated rings. The number of sulfonamides is 1. The number of nitrogens with one attached hydrogen (secondary N) is 1. The van der Waals surface area contributed by atoms with Gasteiger partial charge in [0.05, 0.1) is 4.90 Å². The van der Waals surface area contributed by atoms with Gasteiger partial charge in [-0.3, -0.25) is 4.79 Å². The Labute approximate surface area is 178 Å². The zero-order valence-corrected chi connectivity index (χ0v) is 18.5. The molecule has 8 heteroatoms. The van der Waals surface area contributed by atoms with E-state index in [1.54, 1.807) is 24.3 Å². The van der Waals surface area contributed by atoms with Crippen molar-refractivity contribution in [2.24, 2.45) is 0 Å². The van der Waals surface area contributed by atoms with Gasteiger partial charge in [-0.1, -0.05) is 18.2 Å². The largest absolute Gasteiger partial charge is 0.484 e. The summed E-state index contributed by atoms with van der Waals surface area (Å²) in [6, 6.07) is 12.5. The molecule has 0 atom stereocenters. The van der Waals surface area contributed by atoms with E-state index in [0.29, 0.717) is 25.4 Å². The molecule has 0 saturated carbocycles. The van der Waals surface area contributed by atoms with Crippen LogP contribution in [0.15, 0.2) is 47.4 Å².